The zero-order valence-electron chi connectivity index (χ0n) is 13.0. The molecule has 2 N–H and O–H groups in total. The number of nitrogens with zero attached hydrogens (tertiary/aromatic N) is 1. The van der Waals surface area contributed by atoms with Gasteiger partial charge in [-0.15, -0.1) is 0 Å². The first-order chi connectivity index (χ1) is 11.2. The number of amides is 1. The number of ether oxygens (including phenoxy) is 1. The van der Waals surface area contributed by atoms with Crippen LogP contribution in [0, 0.1) is 0 Å². The van der Waals surface area contributed by atoms with Gasteiger partial charge in [-0.3, -0.25) is 9.59 Å². The zero-order valence-corrected chi connectivity index (χ0v) is 13.0. The van der Waals surface area contributed by atoms with Gasteiger partial charge in [-0.25, -0.2) is 5.10 Å². The van der Waals surface area contributed by atoms with Crippen LogP contribution in [0.25, 0.3) is 0 Å². The highest BCUT2D eigenvalue weighted by Crippen LogP contribution is 2.20. The zero-order chi connectivity index (χ0) is 16.2. The predicted molar refractivity (Wildman–Crippen MR) is 85.5 cm³/mol. The highest BCUT2D eigenvalue weighted by atomic mass is 16.5. The fourth-order valence-electron chi connectivity index (χ4n) is 2.96. The first-order valence-electron chi connectivity index (χ1n) is 7.64. The van der Waals surface area contributed by atoms with Crippen LogP contribution >= 0.6 is 0 Å². The molecule has 6 heteroatoms. The van der Waals surface area contributed by atoms with E-state index < -0.39 is 0 Å². The Morgan fingerprint density at radius 3 is 3.09 bits per heavy atom. The first-order valence-corrected chi connectivity index (χ1v) is 7.64. The van der Waals surface area contributed by atoms with Crippen LogP contribution in [0.1, 0.15) is 23.2 Å². The van der Waals surface area contributed by atoms with Crippen molar-refractivity contribution in [3.8, 4) is 5.75 Å². The molecule has 1 atom stereocenters. The molecule has 1 aliphatic carbocycles. The normalized spacial score (nSPS) is 16.5. The maximum atomic E-state index is 12.3. The van der Waals surface area contributed by atoms with Crippen molar-refractivity contribution in [1.82, 2.24) is 15.5 Å². The molecule has 0 bridgehead atoms. The predicted octanol–water partition coefficient (Wildman–Crippen LogP) is 0.995. The number of H-pyrrole nitrogens is 1. The Labute approximate surface area is 133 Å². The standard InChI is InChI=1S/C17H19N3O3/c1-23-15-5-3-2-4-11(15)9-16(21)18-13-6-7-14-12(8-13)10-17(22)20-19-14/h2-5,10,13H,6-9H2,1H3,(H,18,21)(H,20,22)/t13-/m0/s1. The third kappa shape index (κ3) is 3.59. The molecule has 0 saturated heterocycles. The molecule has 0 fully saturated rings. The molecule has 1 aliphatic rings. The molecule has 0 saturated carbocycles. The van der Waals surface area contributed by atoms with Crippen LogP contribution in [0.4, 0.5) is 0 Å². The molecule has 120 valence electrons. The average molecular weight is 313 g/mol. The molecular weight excluding hydrogens is 294 g/mol. The number of aryl methyl sites for hydroxylation is 1. The third-order valence-corrected chi connectivity index (χ3v) is 4.08. The van der Waals surface area contributed by atoms with Gasteiger partial charge in [0.2, 0.25) is 5.91 Å². The molecule has 2 aromatic rings. The van der Waals surface area contributed by atoms with E-state index in [4.69, 9.17) is 4.74 Å². The molecule has 0 spiro atoms. The quantitative estimate of drug-likeness (QED) is 0.882. The second kappa shape index (κ2) is 6.64. The molecule has 0 radical (unpaired) electrons. The average Bonchev–Trinajstić information content (AvgIpc) is 2.55. The highest BCUT2D eigenvalue weighted by Gasteiger charge is 2.22. The molecule has 6 nitrogen and oxygen atoms in total. The maximum absolute atomic E-state index is 12.3. The van der Waals surface area contributed by atoms with Gasteiger partial charge in [0, 0.05) is 17.7 Å². The summed E-state index contributed by atoms with van der Waals surface area (Å²) in [5, 5.41) is 9.55. The number of aromatic nitrogens is 2. The van der Waals surface area contributed by atoms with E-state index in [-0.39, 0.29) is 23.9 Å². The molecule has 1 amide bonds. The number of aromatic amines is 1. The van der Waals surface area contributed by atoms with Gasteiger partial charge in [0.1, 0.15) is 5.75 Å². The SMILES string of the molecule is COc1ccccc1CC(=O)N[C@H]1CCc2n[nH]c(=O)cc2C1. The summed E-state index contributed by atoms with van der Waals surface area (Å²) in [5.41, 5.74) is 2.49. The second-order valence-corrected chi connectivity index (χ2v) is 5.70. The molecule has 1 aromatic carbocycles. The van der Waals surface area contributed by atoms with E-state index in [1.54, 1.807) is 13.2 Å². The summed E-state index contributed by atoms with van der Waals surface area (Å²) in [7, 11) is 1.60. The number of fused-ring (bicyclic) bond motifs is 1. The lowest BCUT2D eigenvalue weighted by molar-refractivity contribution is -0.121. The van der Waals surface area contributed by atoms with Gasteiger partial charge in [0.15, 0.2) is 0 Å². The molecule has 1 aromatic heterocycles. The number of para-hydroxylation sites is 1. The van der Waals surface area contributed by atoms with E-state index >= 15 is 0 Å². The number of rotatable bonds is 4. The number of carbonyl (C=O) groups is 1. The smallest absolute Gasteiger partial charge is 0.264 e. The van der Waals surface area contributed by atoms with Crippen LogP contribution in [0.5, 0.6) is 5.75 Å². The van der Waals surface area contributed by atoms with Crippen molar-refractivity contribution in [2.75, 3.05) is 7.11 Å². The number of carbonyl (C=O) groups excluding carboxylic acids is 1. The van der Waals surface area contributed by atoms with Gasteiger partial charge in [0.05, 0.1) is 19.2 Å². The number of hydrogen-bond donors (Lipinski definition) is 2. The van der Waals surface area contributed by atoms with Crippen LogP contribution in [0.2, 0.25) is 0 Å². The van der Waals surface area contributed by atoms with E-state index in [9.17, 15) is 9.59 Å². The summed E-state index contributed by atoms with van der Waals surface area (Å²) in [6, 6.07) is 9.10. The minimum atomic E-state index is -0.204. The number of nitrogens with one attached hydrogen (secondary N) is 2. The monoisotopic (exact) mass is 313 g/mol. The molecule has 1 heterocycles. The lowest BCUT2D eigenvalue weighted by atomic mass is 9.92. The Bertz CT molecular complexity index is 770. The Balaban J connectivity index is 1.64. The van der Waals surface area contributed by atoms with Crippen molar-refractivity contribution in [3.63, 3.8) is 0 Å². The fourth-order valence-corrected chi connectivity index (χ4v) is 2.96. The van der Waals surface area contributed by atoms with Crippen molar-refractivity contribution in [2.24, 2.45) is 0 Å². The van der Waals surface area contributed by atoms with Gasteiger partial charge < -0.3 is 10.1 Å². The van der Waals surface area contributed by atoms with Crippen LogP contribution in [-0.2, 0) is 24.1 Å². The van der Waals surface area contributed by atoms with Gasteiger partial charge in [-0.2, -0.15) is 5.10 Å². The Morgan fingerprint density at radius 2 is 2.26 bits per heavy atom. The minimum absolute atomic E-state index is 0.0355. The number of benzene rings is 1. The first kappa shape index (κ1) is 15.3. The summed E-state index contributed by atoms with van der Waals surface area (Å²) < 4.78 is 5.27. The Kier molecular flexibility index (Phi) is 4.41. The fraction of sp³-hybridized carbons (Fsp3) is 0.353. The van der Waals surface area contributed by atoms with E-state index in [0.29, 0.717) is 12.2 Å². The van der Waals surface area contributed by atoms with Gasteiger partial charge in [0.25, 0.3) is 5.56 Å². The van der Waals surface area contributed by atoms with Gasteiger partial charge in [-0.1, -0.05) is 18.2 Å². The lowest BCUT2D eigenvalue weighted by Crippen LogP contribution is -2.40. The van der Waals surface area contributed by atoms with Crippen LogP contribution in [0.3, 0.4) is 0 Å². The summed E-state index contributed by atoms with van der Waals surface area (Å²) >= 11 is 0. The molecule has 23 heavy (non-hydrogen) atoms. The summed E-state index contributed by atoms with van der Waals surface area (Å²) in [6.45, 7) is 0. The maximum Gasteiger partial charge on any atom is 0.264 e. The van der Waals surface area contributed by atoms with E-state index in [0.717, 1.165) is 29.7 Å². The second-order valence-electron chi connectivity index (χ2n) is 5.70. The third-order valence-electron chi connectivity index (χ3n) is 4.08. The Morgan fingerprint density at radius 1 is 1.43 bits per heavy atom. The number of hydrogen-bond acceptors (Lipinski definition) is 4. The van der Waals surface area contributed by atoms with E-state index in [2.05, 4.69) is 15.5 Å². The van der Waals surface area contributed by atoms with Crippen LogP contribution < -0.4 is 15.6 Å². The van der Waals surface area contributed by atoms with Crippen LogP contribution in [-0.4, -0.2) is 29.3 Å². The van der Waals surface area contributed by atoms with Crippen molar-refractivity contribution >= 4 is 5.91 Å². The van der Waals surface area contributed by atoms with Crippen molar-refractivity contribution < 1.29 is 9.53 Å². The molecule has 0 aliphatic heterocycles. The van der Waals surface area contributed by atoms with E-state index in [1.807, 2.05) is 24.3 Å². The summed E-state index contributed by atoms with van der Waals surface area (Å²) in [6.07, 6.45) is 2.50. The number of methoxy groups -OCH3 is 1. The highest BCUT2D eigenvalue weighted by molar-refractivity contribution is 5.79. The van der Waals surface area contributed by atoms with E-state index in [1.165, 1.54) is 0 Å². The van der Waals surface area contributed by atoms with Gasteiger partial charge >= 0.3 is 0 Å². The van der Waals surface area contributed by atoms with Crippen LogP contribution in [0.15, 0.2) is 35.1 Å². The lowest BCUT2D eigenvalue weighted by Gasteiger charge is -2.24. The molecule has 3 rings (SSSR count). The van der Waals surface area contributed by atoms with Crippen molar-refractivity contribution in [2.45, 2.75) is 31.7 Å². The van der Waals surface area contributed by atoms with Crippen molar-refractivity contribution in [3.05, 3.63) is 57.5 Å². The van der Waals surface area contributed by atoms with Crippen molar-refractivity contribution in [1.29, 1.82) is 0 Å². The topological polar surface area (TPSA) is 84.1 Å². The molecular formula is C17H19N3O3. The summed E-state index contributed by atoms with van der Waals surface area (Å²) in [4.78, 5) is 23.6. The Hall–Kier alpha value is -2.63. The summed E-state index contributed by atoms with van der Waals surface area (Å²) in [5.74, 6) is 0.674. The van der Waals surface area contributed by atoms with Gasteiger partial charge in [-0.05, 0) is 30.9 Å². The largest absolute Gasteiger partial charge is 0.496 e. The molecule has 0 unspecified atom stereocenters. The minimum Gasteiger partial charge on any atom is -0.496 e.